The number of carbonyl (C=O) groups excluding carboxylic acids is 2. The Kier molecular flexibility index (Phi) is 8.06. The SMILES string of the molecule is CCCCCCCCCCC(=O)O[C@@H]1CC[C@@H]2[C@H]3CCC4=CC(=O)CC[C@@]4(C)[C@H]3CC[C@@]21C. The van der Waals surface area contributed by atoms with E-state index in [0.29, 0.717) is 24.0 Å². The molecule has 0 aromatic rings. The van der Waals surface area contributed by atoms with Crippen LogP contribution in [0.2, 0.25) is 0 Å². The second kappa shape index (κ2) is 10.6. The van der Waals surface area contributed by atoms with E-state index in [1.54, 1.807) is 0 Å². The summed E-state index contributed by atoms with van der Waals surface area (Å²) >= 11 is 0. The molecule has 0 aromatic carbocycles. The van der Waals surface area contributed by atoms with Gasteiger partial charge >= 0.3 is 5.97 Å². The Morgan fingerprint density at radius 2 is 1.64 bits per heavy atom. The zero-order valence-electron chi connectivity index (χ0n) is 21.6. The van der Waals surface area contributed by atoms with Gasteiger partial charge in [-0.1, -0.05) is 71.3 Å². The third-order valence-corrected chi connectivity index (χ3v) is 10.4. The fourth-order valence-corrected chi connectivity index (χ4v) is 8.33. The zero-order valence-corrected chi connectivity index (χ0v) is 21.6. The summed E-state index contributed by atoms with van der Waals surface area (Å²) in [5.41, 5.74) is 1.82. The predicted octanol–water partition coefficient (Wildman–Crippen LogP) is 7.96. The maximum Gasteiger partial charge on any atom is 0.306 e. The first-order valence-electron chi connectivity index (χ1n) is 14.3. The Balaban J connectivity index is 1.27. The van der Waals surface area contributed by atoms with Crippen LogP contribution in [0, 0.1) is 28.6 Å². The molecule has 3 fully saturated rings. The number of fused-ring (bicyclic) bond motifs is 5. The van der Waals surface area contributed by atoms with E-state index >= 15 is 0 Å². The first-order chi connectivity index (χ1) is 15.9. The Bertz CT molecular complexity index is 739. The number of rotatable bonds is 10. The molecule has 0 aliphatic heterocycles. The minimum atomic E-state index is 0.0431. The van der Waals surface area contributed by atoms with Crippen LogP contribution in [-0.4, -0.2) is 17.9 Å². The molecule has 0 saturated heterocycles. The van der Waals surface area contributed by atoms with Crippen LogP contribution < -0.4 is 0 Å². The van der Waals surface area contributed by atoms with Crippen LogP contribution in [0.3, 0.4) is 0 Å². The lowest BCUT2D eigenvalue weighted by molar-refractivity contribution is -0.160. The minimum absolute atomic E-state index is 0.0431. The fourth-order valence-electron chi connectivity index (χ4n) is 8.33. The summed E-state index contributed by atoms with van der Waals surface area (Å²) < 4.78 is 6.17. The Morgan fingerprint density at radius 3 is 2.39 bits per heavy atom. The van der Waals surface area contributed by atoms with E-state index in [-0.39, 0.29) is 22.9 Å². The molecule has 0 N–H and O–H groups in total. The van der Waals surface area contributed by atoms with Gasteiger partial charge in [-0.15, -0.1) is 0 Å². The van der Waals surface area contributed by atoms with Gasteiger partial charge in [-0.25, -0.2) is 0 Å². The first-order valence-corrected chi connectivity index (χ1v) is 14.3. The number of ketones is 1. The molecule has 4 aliphatic rings. The molecule has 6 atom stereocenters. The van der Waals surface area contributed by atoms with Crippen LogP contribution in [0.15, 0.2) is 11.6 Å². The van der Waals surface area contributed by atoms with Crippen molar-refractivity contribution >= 4 is 11.8 Å². The number of esters is 1. The number of hydrogen-bond donors (Lipinski definition) is 0. The van der Waals surface area contributed by atoms with E-state index in [2.05, 4.69) is 20.8 Å². The number of hydrogen-bond acceptors (Lipinski definition) is 3. The second-order valence-electron chi connectivity index (χ2n) is 12.3. The highest BCUT2D eigenvalue weighted by molar-refractivity contribution is 5.91. The van der Waals surface area contributed by atoms with Gasteiger partial charge in [-0.2, -0.15) is 0 Å². The second-order valence-corrected chi connectivity index (χ2v) is 12.3. The highest BCUT2D eigenvalue weighted by atomic mass is 16.5. The van der Waals surface area contributed by atoms with Gasteiger partial charge in [0.05, 0.1) is 0 Å². The normalized spacial score (nSPS) is 37.7. The van der Waals surface area contributed by atoms with Gasteiger partial charge in [0.2, 0.25) is 0 Å². The summed E-state index contributed by atoms with van der Waals surface area (Å²) in [6.45, 7) is 7.13. The van der Waals surface area contributed by atoms with Crippen molar-refractivity contribution in [2.24, 2.45) is 28.6 Å². The lowest BCUT2D eigenvalue weighted by Crippen LogP contribution is -2.51. The van der Waals surface area contributed by atoms with E-state index in [9.17, 15) is 9.59 Å². The topological polar surface area (TPSA) is 43.4 Å². The molecule has 4 aliphatic carbocycles. The molecule has 0 aromatic heterocycles. The Morgan fingerprint density at radius 1 is 0.909 bits per heavy atom. The number of carbonyl (C=O) groups is 2. The molecule has 0 bridgehead atoms. The smallest absolute Gasteiger partial charge is 0.306 e. The van der Waals surface area contributed by atoms with Gasteiger partial charge in [-0.3, -0.25) is 9.59 Å². The van der Waals surface area contributed by atoms with Crippen LogP contribution >= 0.6 is 0 Å². The Hall–Kier alpha value is -1.12. The molecule has 0 spiro atoms. The van der Waals surface area contributed by atoms with Gasteiger partial charge < -0.3 is 4.74 Å². The van der Waals surface area contributed by atoms with Crippen LogP contribution in [0.5, 0.6) is 0 Å². The predicted molar refractivity (Wildman–Crippen MR) is 134 cm³/mol. The molecule has 0 amide bonds. The van der Waals surface area contributed by atoms with Crippen LogP contribution in [0.1, 0.15) is 130 Å². The summed E-state index contributed by atoms with van der Waals surface area (Å²) in [6.07, 6.45) is 21.5. The molecule has 4 rings (SSSR count). The highest BCUT2D eigenvalue weighted by Crippen LogP contribution is 2.65. The van der Waals surface area contributed by atoms with Crippen molar-refractivity contribution in [1.29, 1.82) is 0 Å². The quantitative estimate of drug-likeness (QED) is 0.247. The molecular weight excluding hydrogens is 408 g/mol. The average molecular weight is 457 g/mol. The van der Waals surface area contributed by atoms with Gasteiger partial charge in [-0.05, 0) is 80.6 Å². The van der Waals surface area contributed by atoms with Gasteiger partial charge in [0, 0.05) is 18.3 Å². The van der Waals surface area contributed by atoms with Crippen molar-refractivity contribution < 1.29 is 14.3 Å². The van der Waals surface area contributed by atoms with Crippen LogP contribution in [0.4, 0.5) is 0 Å². The lowest BCUT2D eigenvalue weighted by Gasteiger charge is -2.57. The summed E-state index contributed by atoms with van der Waals surface area (Å²) in [6, 6.07) is 0. The van der Waals surface area contributed by atoms with Crippen molar-refractivity contribution in [3.05, 3.63) is 11.6 Å². The monoisotopic (exact) mass is 456 g/mol. The summed E-state index contributed by atoms with van der Waals surface area (Å²) in [5.74, 6) is 2.49. The molecule has 3 saturated carbocycles. The van der Waals surface area contributed by atoms with E-state index < -0.39 is 0 Å². The molecule has 3 heteroatoms. The van der Waals surface area contributed by atoms with Crippen LogP contribution in [0.25, 0.3) is 0 Å². The molecule has 3 nitrogen and oxygen atoms in total. The Labute approximate surface area is 202 Å². The fraction of sp³-hybridized carbons (Fsp3) is 0.867. The average Bonchev–Trinajstić information content (AvgIpc) is 3.12. The van der Waals surface area contributed by atoms with Crippen molar-refractivity contribution in [3.8, 4) is 0 Å². The molecule has 186 valence electrons. The van der Waals surface area contributed by atoms with E-state index in [1.165, 1.54) is 69.8 Å². The zero-order chi connectivity index (χ0) is 23.5. The molecule has 0 radical (unpaired) electrons. The third-order valence-electron chi connectivity index (χ3n) is 10.4. The standard InChI is InChI=1S/C30H48O3/c1-4-5-6-7-8-9-10-11-12-28(32)33-27-16-15-25-24-14-13-22-21-23(31)17-19-29(22,2)26(24)18-20-30(25,27)3/h21,24-27H,4-20H2,1-3H3/t24-,25-,26+,27-,29-,30+/m1/s1. The van der Waals surface area contributed by atoms with Gasteiger partial charge in [0.25, 0.3) is 0 Å². The number of unbranched alkanes of at least 4 members (excludes halogenated alkanes) is 7. The van der Waals surface area contributed by atoms with Gasteiger partial charge in [0.15, 0.2) is 5.78 Å². The minimum Gasteiger partial charge on any atom is -0.462 e. The van der Waals surface area contributed by atoms with Crippen molar-refractivity contribution in [1.82, 2.24) is 0 Å². The lowest BCUT2D eigenvalue weighted by atomic mass is 9.47. The van der Waals surface area contributed by atoms with Crippen molar-refractivity contribution in [2.45, 2.75) is 136 Å². The largest absolute Gasteiger partial charge is 0.462 e. The van der Waals surface area contributed by atoms with E-state index in [4.69, 9.17) is 4.74 Å². The number of ether oxygens (including phenoxy) is 1. The van der Waals surface area contributed by atoms with E-state index in [0.717, 1.165) is 44.4 Å². The number of allylic oxidation sites excluding steroid dienone is 1. The molecule has 33 heavy (non-hydrogen) atoms. The summed E-state index contributed by atoms with van der Waals surface area (Å²) in [5, 5.41) is 0. The first kappa shape index (κ1) is 25.0. The maximum atomic E-state index is 12.7. The molecular formula is C30H48O3. The summed E-state index contributed by atoms with van der Waals surface area (Å²) in [4.78, 5) is 24.7. The maximum absolute atomic E-state index is 12.7. The highest BCUT2D eigenvalue weighted by Gasteiger charge is 2.59. The molecule has 0 unspecified atom stereocenters. The van der Waals surface area contributed by atoms with E-state index in [1.807, 2.05) is 6.08 Å². The van der Waals surface area contributed by atoms with Crippen molar-refractivity contribution in [2.75, 3.05) is 0 Å². The molecule has 0 heterocycles. The van der Waals surface area contributed by atoms with Crippen molar-refractivity contribution in [3.63, 3.8) is 0 Å². The van der Waals surface area contributed by atoms with Crippen LogP contribution in [-0.2, 0) is 14.3 Å². The third kappa shape index (κ3) is 5.13. The van der Waals surface area contributed by atoms with Gasteiger partial charge in [0.1, 0.15) is 6.10 Å². The summed E-state index contributed by atoms with van der Waals surface area (Å²) in [7, 11) is 0.